The Hall–Kier alpha value is -3.02. The third kappa shape index (κ3) is 3.89. The van der Waals surface area contributed by atoms with E-state index in [1.165, 1.54) is 12.1 Å². The number of nitrogens with zero attached hydrogens (tertiary/aromatic N) is 4. The smallest absolute Gasteiger partial charge is 0.253 e. The first-order valence-corrected chi connectivity index (χ1v) is 9.20. The molecule has 6 heteroatoms. The minimum Gasteiger partial charge on any atom is -0.339 e. The molecule has 0 spiro atoms. The Labute approximate surface area is 157 Å². The van der Waals surface area contributed by atoms with Gasteiger partial charge in [-0.05, 0) is 55.2 Å². The number of hydrogen-bond acceptors (Lipinski definition) is 3. The molecule has 0 saturated carbocycles. The molecule has 1 aromatic heterocycles. The van der Waals surface area contributed by atoms with Crippen LogP contribution in [0.1, 0.15) is 29.0 Å². The zero-order valence-corrected chi connectivity index (χ0v) is 15.0. The van der Waals surface area contributed by atoms with Gasteiger partial charge in [-0.3, -0.25) is 9.36 Å². The monoisotopic (exact) mass is 364 g/mol. The highest BCUT2D eigenvalue weighted by Crippen LogP contribution is 2.23. The fourth-order valence-corrected chi connectivity index (χ4v) is 3.58. The predicted molar refractivity (Wildman–Crippen MR) is 100 cm³/mol. The Morgan fingerprint density at radius 1 is 1.04 bits per heavy atom. The molecule has 5 nitrogen and oxygen atoms in total. The van der Waals surface area contributed by atoms with E-state index in [0.29, 0.717) is 24.6 Å². The van der Waals surface area contributed by atoms with Gasteiger partial charge in [-0.2, -0.15) is 0 Å². The molecular formula is C21H21FN4O. The molecule has 0 aliphatic carbocycles. The quantitative estimate of drug-likeness (QED) is 0.712. The lowest BCUT2D eigenvalue weighted by molar-refractivity contribution is 0.0689. The van der Waals surface area contributed by atoms with Gasteiger partial charge in [0.05, 0.1) is 0 Å². The van der Waals surface area contributed by atoms with E-state index in [2.05, 4.69) is 10.2 Å². The molecule has 0 atom stereocenters. The molecule has 1 aliphatic heterocycles. The van der Waals surface area contributed by atoms with E-state index in [0.717, 1.165) is 30.8 Å². The maximum atomic E-state index is 13.0. The van der Waals surface area contributed by atoms with Crippen LogP contribution < -0.4 is 0 Å². The van der Waals surface area contributed by atoms with Crippen molar-refractivity contribution in [1.82, 2.24) is 19.7 Å². The second-order valence-corrected chi connectivity index (χ2v) is 6.90. The van der Waals surface area contributed by atoms with Crippen molar-refractivity contribution in [3.8, 4) is 5.69 Å². The molecule has 1 amide bonds. The van der Waals surface area contributed by atoms with Crippen molar-refractivity contribution in [1.29, 1.82) is 0 Å². The highest BCUT2D eigenvalue weighted by atomic mass is 19.1. The third-order valence-corrected chi connectivity index (χ3v) is 5.12. The van der Waals surface area contributed by atoms with Crippen LogP contribution in [-0.2, 0) is 6.42 Å². The molecule has 2 heterocycles. The molecule has 1 aliphatic rings. The van der Waals surface area contributed by atoms with Gasteiger partial charge in [0.2, 0.25) is 0 Å². The van der Waals surface area contributed by atoms with Gasteiger partial charge in [-0.25, -0.2) is 4.39 Å². The van der Waals surface area contributed by atoms with Crippen LogP contribution >= 0.6 is 0 Å². The Kier molecular flexibility index (Phi) is 4.96. The predicted octanol–water partition coefficient (Wildman–Crippen LogP) is 3.50. The van der Waals surface area contributed by atoms with Crippen LogP contribution in [0.25, 0.3) is 5.69 Å². The van der Waals surface area contributed by atoms with Gasteiger partial charge in [0.25, 0.3) is 5.91 Å². The van der Waals surface area contributed by atoms with Crippen LogP contribution in [0.4, 0.5) is 4.39 Å². The van der Waals surface area contributed by atoms with Crippen LogP contribution in [0.3, 0.4) is 0 Å². The van der Waals surface area contributed by atoms with E-state index in [9.17, 15) is 9.18 Å². The number of likely N-dealkylation sites (tertiary alicyclic amines) is 1. The maximum absolute atomic E-state index is 13.0. The molecule has 4 rings (SSSR count). The summed E-state index contributed by atoms with van der Waals surface area (Å²) in [4.78, 5) is 14.4. The van der Waals surface area contributed by atoms with Gasteiger partial charge in [0.1, 0.15) is 18.0 Å². The van der Waals surface area contributed by atoms with Crippen molar-refractivity contribution >= 4 is 5.91 Å². The average Bonchev–Trinajstić information content (AvgIpc) is 3.17. The van der Waals surface area contributed by atoms with Crippen LogP contribution in [0.5, 0.6) is 0 Å². The molecule has 2 aromatic carbocycles. The van der Waals surface area contributed by atoms with Crippen molar-refractivity contribution in [2.45, 2.75) is 19.3 Å². The molecule has 3 aromatic rings. The second-order valence-electron chi connectivity index (χ2n) is 6.90. The fraction of sp³-hybridized carbons (Fsp3) is 0.286. The van der Waals surface area contributed by atoms with E-state index in [1.807, 2.05) is 39.8 Å². The van der Waals surface area contributed by atoms with Crippen molar-refractivity contribution in [3.63, 3.8) is 0 Å². The summed E-state index contributed by atoms with van der Waals surface area (Å²) in [6, 6.07) is 15.8. The van der Waals surface area contributed by atoms with Crippen LogP contribution in [-0.4, -0.2) is 38.7 Å². The first kappa shape index (κ1) is 17.4. The van der Waals surface area contributed by atoms with Crippen molar-refractivity contribution in [2.75, 3.05) is 13.1 Å². The zero-order chi connectivity index (χ0) is 18.6. The lowest BCUT2D eigenvalue weighted by atomic mass is 9.92. The number of halogens is 1. The Balaban J connectivity index is 1.37. The molecule has 1 saturated heterocycles. The lowest BCUT2D eigenvalue weighted by Crippen LogP contribution is -2.39. The molecular weight excluding hydrogens is 343 g/mol. The number of rotatable bonds is 4. The summed E-state index contributed by atoms with van der Waals surface area (Å²) in [5.41, 5.74) is 1.60. The van der Waals surface area contributed by atoms with Gasteiger partial charge in [-0.1, -0.05) is 18.2 Å². The summed E-state index contributed by atoms with van der Waals surface area (Å²) in [5, 5.41) is 8.37. The largest absolute Gasteiger partial charge is 0.339 e. The van der Waals surface area contributed by atoms with Crippen molar-refractivity contribution in [2.24, 2.45) is 5.92 Å². The normalized spacial score (nSPS) is 15.1. The molecule has 0 N–H and O–H groups in total. The number of para-hydroxylation sites is 1. The van der Waals surface area contributed by atoms with Gasteiger partial charge < -0.3 is 4.90 Å². The fourth-order valence-electron chi connectivity index (χ4n) is 3.58. The number of carbonyl (C=O) groups excluding carboxylic acids is 1. The highest BCUT2D eigenvalue weighted by Gasteiger charge is 2.25. The van der Waals surface area contributed by atoms with Crippen molar-refractivity contribution in [3.05, 3.63) is 78.1 Å². The van der Waals surface area contributed by atoms with Gasteiger partial charge in [0.15, 0.2) is 0 Å². The molecule has 27 heavy (non-hydrogen) atoms. The second kappa shape index (κ2) is 7.70. The number of aromatic nitrogens is 3. The standard InChI is InChI=1S/C21H21FN4O/c22-18-8-6-17(7-9-18)21(27)25-12-10-16(11-13-25)14-20-24-23-15-26(20)19-4-2-1-3-5-19/h1-9,15-16H,10-14H2. The van der Waals surface area contributed by atoms with Crippen LogP contribution in [0, 0.1) is 11.7 Å². The summed E-state index contributed by atoms with van der Waals surface area (Å²) >= 11 is 0. The SMILES string of the molecule is O=C(c1ccc(F)cc1)N1CCC(Cc2nncn2-c2ccccc2)CC1. The number of amides is 1. The maximum Gasteiger partial charge on any atom is 0.253 e. The summed E-state index contributed by atoms with van der Waals surface area (Å²) in [6.07, 6.45) is 4.44. The summed E-state index contributed by atoms with van der Waals surface area (Å²) in [5.74, 6) is 1.06. The topological polar surface area (TPSA) is 51.0 Å². The average molecular weight is 364 g/mol. The summed E-state index contributed by atoms with van der Waals surface area (Å²) in [7, 11) is 0. The van der Waals surface area contributed by atoms with E-state index >= 15 is 0 Å². The Morgan fingerprint density at radius 2 is 1.74 bits per heavy atom. The molecule has 1 fully saturated rings. The lowest BCUT2D eigenvalue weighted by Gasteiger charge is -2.32. The van der Waals surface area contributed by atoms with Gasteiger partial charge >= 0.3 is 0 Å². The Bertz CT molecular complexity index is 899. The van der Waals surface area contributed by atoms with E-state index < -0.39 is 0 Å². The summed E-state index contributed by atoms with van der Waals surface area (Å²) < 4.78 is 15.1. The minimum atomic E-state index is -0.326. The van der Waals surface area contributed by atoms with Gasteiger partial charge in [0, 0.05) is 30.8 Å². The van der Waals surface area contributed by atoms with Gasteiger partial charge in [-0.15, -0.1) is 10.2 Å². The van der Waals surface area contributed by atoms with E-state index in [4.69, 9.17) is 0 Å². The molecule has 138 valence electrons. The number of carbonyl (C=O) groups is 1. The number of hydrogen-bond donors (Lipinski definition) is 0. The van der Waals surface area contributed by atoms with E-state index in [-0.39, 0.29) is 11.7 Å². The number of benzene rings is 2. The van der Waals surface area contributed by atoms with E-state index in [1.54, 1.807) is 18.5 Å². The third-order valence-electron chi connectivity index (χ3n) is 5.12. The van der Waals surface area contributed by atoms with Crippen LogP contribution in [0.15, 0.2) is 60.9 Å². The minimum absolute atomic E-state index is 0.0269. The molecule has 0 unspecified atom stereocenters. The summed E-state index contributed by atoms with van der Waals surface area (Å²) in [6.45, 7) is 1.42. The van der Waals surface area contributed by atoms with Crippen molar-refractivity contribution < 1.29 is 9.18 Å². The Morgan fingerprint density at radius 3 is 2.44 bits per heavy atom. The highest BCUT2D eigenvalue weighted by molar-refractivity contribution is 5.94. The first-order valence-electron chi connectivity index (χ1n) is 9.20. The zero-order valence-electron chi connectivity index (χ0n) is 15.0. The van der Waals surface area contributed by atoms with Crippen LogP contribution in [0.2, 0.25) is 0 Å². The number of piperidine rings is 1. The molecule has 0 radical (unpaired) electrons. The molecule has 0 bridgehead atoms. The first-order chi connectivity index (χ1) is 13.2.